The molecule has 0 saturated carbocycles. The summed E-state index contributed by atoms with van der Waals surface area (Å²) in [6, 6.07) is 6.23. The van der Waals surface area contributed by atoms with Crippen LogP contribution in [0.5, 0.6) is 0 Å². The van der Waals surface area contributed by atoms with E-state index in [4.69, 9.17) is 4.42 Å². The molecule has 1 heterocycles. The van der Waals surface area contributed by atoms with E-state index in [1.807, 2.05) is 0 Å². The molecule has 0 aliphatic rings. The summed E-state index contributed by atoms with van der Waals surface area (Å²) in [7, 11) is -3.63. The van der Waals surface area contributed by atoms with Crippen molar-refractivity contribution in [3.05, 3.63) is 47.9 Å². The van der Waals surface area contributed by atoms with Crippen LogP contribution >= 0.6 is 0 Å². The van der Waals surface area contributed by atoms with Crippen LogP contribution in [0.1, 0.15) is 25.0 Å². The number of furan rings is 1. The van der Waals surface area contributed by atoms with Gasteiger partial charge in [-0.1, -0.05) is 0 Å². The van der Waals surface area contributed by atoms with Gasteiger partial charge in [0.1, 0.15) is 0 Å². The number of sulfonamides is 1. The molecule has 2 rings (SSSR count). The molecule has 0 spiro atoms. The molecule has 2 N–H and O–H groups in total. The Labute approximate surface area is 135 Å². The van der Waals surface area contributed by atoms with E-state index >= 15 is 0 Å². The fourth-order valence-corrected chi connectivity index (χ4v) is 3.83. The Bertz CT molecular complexity index is 782. The van der Waals surface area contributed by atoms with Gasteiger partial charge < -0.3 is 9.73 Å². The SMILES string of the molecule is CC(=O)Nc1ccc(S(=O)(=O)N[C@H](C)Cc2ccoc2)c(C)c1. The maximum atomic E-state index is 12.5. The summed E-state index contributed by atoms with van der Waals surface area (Å²) < 4.78 is 32.6. The van der Waals surface area contributed by atoms with Crippen LogP contribution in [-0.4, -0.2) is 20.4 Å². The first kappa shape index (κ1) is 17.2. The highest BCUT2D eigenvalue weighted by atomic mass is 32.2. The van der Waals surface area contributed by atoms with Crippen LogP contribution < -0.4 is 10.0 Å². The second-order valence-corrected chi connectivity index (χ2v) is 7.20. The standard InChI is InChI=1S/C16H20N2O4S/c1-11-8-15(17-13(3)19)4-5-16(11)23(20,21)18-12(2)9-14-6-7-22-10-14/h4-8,10,12,18H,9H2,1-3H3,(H,17,19)/t12-/m1/s1. The third kappa shape index (κ3) is 4.67. The largest absolute Gasteiger partial charge is 0.472 e. The third-order valence-electron chi connectivity index (χ3n) is 3.26. The van der Waals surface area contributed by atoms with Gasteiger partial charge in [-0.25, -0.2) is 13.1 Å². The van der Waals surface area contributed by atoms with Crippen molar-refractivity contribution in [3.8, 4) is 0 Å². The van der Waals surface area contributed by atoms with E-state index in [1.165, 1.54) is 13.0 Å². The van der Waals surface area contributed by atoms with Crippen molar-refractivity contribution in [1.82, 2.24) is 4.72 Å². The summed E-state index contributed by atoms with van der Waals surface area (Å²) in [4.78, 5) is 11.3. The summed E-state index contributed by atoms with van der Waals surface area (Å²) >= 11 is 0. The summed E-state index contributed by atoms with van der Waals surface area (Å²) in [5.74, 6) is -0.202. The van der Waals surface area contributed by atoms with Gasteiger partial charge in [0, 0.05) is 18.7 Å². The summed E-state index contributed by atoms with van der Waals surface area (Å²) in [5, 5.41) is 2.63. The molecule has 1 amide bonds. The van der Waals surface area contributed by atoms with E-state index in [9.17, 15) is 13.2 Å². The number of carbonyl (C=O) groups is 1. The molecule has 0 radical (unpaired) electrons. The molecule has 23 heavy (non-hydrogen) atoms. The van der Waals surface area contributed by atoms with Gasteiger partial charge in [-0.3, -0.25) is 4.79 Å². The first-order valence-electron chi connectivity index (χ1n) is 7.19. The Morgan fingerprint density at radius 2 is 2.04 bits per heavy atom. The van der Waals surface area contributed by atoms with Crippen molar-refractivity contribution >= 4 is 21.6 Å². The van der Waals surface area contributed by atoms with Crippen LogP contribution in [0.25, 0.3) is 0 Å². The van der Waals surface area contributed by atoms with Crippen LogP contribution in [-0.2, 0) is 21.2 Å². The Kier molecular flexibility index (Phi) is 5.23. The molecule has 2 aromatic rings. The third-order valence-corrected chi connectivity index (χ3v) is 5.01. The Morgan fingerprint density at radius 1 is 1.30 bits per heavy atom. The van der Waals surface area contributed by atoms with Crippen LogP contribution in [0.2, 0.25) is 0 Å². The lowest BCUT2D eigenvalue weighted by Gasteiger charge is -2.15. The molecule has 7 heteroatoms. The second-order valence-electron chi connectivity index (χ2n) is 5.52. The molecule has 0 fully saturated rings. The summed E-state index contributed by atoms with van der Waals surface area (Å²) in [6.45, 7) is 4.89. The number of rotatable bonds is 6. The van der Waals surface area contributed by atoms with Crippen LogP contribution in [0.3, 0.4) is 0 Å². The van der Waals surface area contributed by atoms with E-state index < -0.39 is 10.0 Å². The number of amides is 1. The van der Waals surface area contributed by atoms with Crippen molar-refractivity contribution in [1.29, 1.82) is 0 Å². The molecule has 0 unspecified atom stereocenters. The zero-order chi connectivity index (χ0) is 17.0. The average Bonchev–Trinajstić information content (AvgIpc) is 2.89. The maximum Gasteiger partial charge on any atom is 0.241 e. The minimum atomic E-state index is -3.63. The lowest BCUT2D eigenvalue weighted by Crippen LogP contribution is -2.34. The number of aryl methyl sites for hydroxylation is 1. The van der Waals surface area contributed by atoms with Gasteiger partial charge in [0.05, 0.1) is 17.4 Å². The molecule has 124 valence electrons. The van der Waals surface area contributed by atoms with Gasteiger partial charge in [-0.05, 0) is 55.7 Å². The van der Waals surface area contributed by atoms with E-state index in [2.05, 4.69) is 10.0 Å². The number of nitrogens with one attached hydrogen (secondary N) is 2. The number of hydrogen-bond acceptors (Lipinski definition) is 4. The van der Waals surface area contributed by atoms with Gasteiger partial charge in [0.15, 0.2) is 0 Å². The van der Waals surface area contributed by atoms with Gasteiger partial charge in [-0.2, -0.15) is 0 Å². The molecule has 0 aliphatic heterocycles. The monoisotopic (exact) mass is 336 g/mol. The second kappa shape index (κ2) is 6.97. The lowest BCUT2D eigenvalue weighted by atomic mass is 10.1. The topological polar surface area (TPSA) is 88.4 Å². The van der Waals surface area contributed by atoms with Crippen molar-refractivity contribution in [2.24, 2.45) is 0 Å². The first-order valence-corrected chi connectivity index (χ1v) is 8.68. The lowest BCUT2D eigenvalue weighted by molar-refractivity contribution is -0.114. The van der Waals surface area contributed by atoms with Crippen molar-refractivity contribution in [3.63, 3.8) is 0 Å². The highest BCUT2D eigenvalue weighted by molar-refractivity contribution is 7.89. The summed E-state index contributed by atoms with van der Waals surface area (Å²) in [6.07, 6.45) is 3.69. The molecule has 1 aromatic carbocycles. The highest BCUT2D eigenvalue weighted by Gasteiger charge is 2.20. The van der Waals surface area contributed by atoms with Crippen LogP contribution in [0.15, 0.2) is 46.1 Å². The fourth-order valence-electron chi connectivity index (χ4n) is 2.36. The molecular weight excluding hydrogens is 316 g/mol. The Hall–Kier alpha value is -2.12. The van der Waals surface area contributed by atoms with Gasteiger partial charge in [0.25, 0.3) is 0 Å². The summed E-state index contributed by atoms with van der Waals surface area (Å²) in [5.41, 5.74) is 2.07. The highest BCUT2D eigenvalue weighted by Crippen LogP contribution is 2.20. The minimum absolute atomic E-state index is 0.200. The molecule has 0 aliphatic carbocycles. The normalized spacial score (nSPS) is 12.8. The van der Waals surface area contributed by atoms with E-state index in [0.29, 0.717) is 17.7 Å². The predicted octanol–water partition coefficient (Wildman–Crippen LogP) is 2.46. The van der Waals surface area contributed by atoms with Gasteiger partial charge >= 0.3 is 0 Å². The van der Waals surface area contributed by atoms with Gasteiger partial charge in [0.2, 0.25) is 15.9 Å². The van der Waals surface area contributed by atoms with Gasteiger partial charge in [-0.15, -0.1) is 0 Å². The first-order chi connectivity index (χ1) is 10.8. The zero-order valence-corrected chi connectivity index (χ0v) is 14.1. The number of benzene rings is 1. The van der Waals surface area contributed by atoms with Crippen molar-refractivity contribution < 1.29 is 17.6 Å². The smallest absolute Gasteiger partial charge is 0.241 e. The van der Waals surface area contributed by atoms with Crippen molar-refractivity contribution in [2.75, 3.05) is 5.32 Å². The molecule has 0 bridgehead atoms. The minimum Gasteiger partial charge on any atom is -0.472 e. The van der Waals surface area contributed by atoms with Crippen LogP contribution in [0, 0.1) is 6.92 Å². The van der Waals surface area contributed by atoms with E-state index in [-0.39, 0.29) is 16.8 Å². The molecule has 0 saturated heterocycles. The Morgan fingerprint density at radius 3 is 2.61 bits per heavy atom. The van der Waals surface area contributed by atoms with E-state index in [0.717, 1.165) is 5.56 Å². The molecule has 1 aromatic heterocycles. The quantitative estimate of drug-likeness (QED) is 0.848. The van der Waals surface area contributed by atoms with Crippen molar-refractivity contribution in [2.45, 2.75) is 38.1 Å². The Balaban J connectivity index is 2.14. The molecular formula is C16H20N2O4S. The van der Waals surface area contributed by atoms with Crippen LogP contribution in [0.4, 0.5) is 5.69 Å². The number of hydrogen-bond donors (Lipinski definition) is 2. The molecule has 6 nitrogen and oxygen atoms in total. The number of carbonyl (C=O) groups excluding carboxylic acids is 1. The fraction of sp³-hybridized carbons (Fsp3) is 0.312. The molecule has 1 atom stereocenters. The number of anilines is 1. The zero-order valence-electron chi connectivity index (χ0n) is 13.3. The average molecular weight is 336 g/mol. The maximum absolute atomic E-state index is 12.5. The van der Waals surface area contributed by atoms with E-state index in [1.54, 1.807) is 44.6 Å². The predicted molar refractivity (Wildman–Crippen MR) is 87.7 cm³/mol.